The molecule has 94 valence electrons. The summed E-state index contributed by atoms with van der Waals surface area (Å²) in [5, 5.41) is 9.02. The second-order valence-electron chi connectivity index (χ2n) is 5.14. The van der Waals surface area contributed by atoms with E-state index >= 15 is 0 Å². The predicted octanol–water partition coefficient (Wildman–Crippen LogP) is 2.31. The van der Waals surface area contributed by atoms with Crippen molar-refractivity contribution in [3.05, 3.63) is 29.6 Å². The van der Waals surface area contributed by atoms with Crippen molar-refractivity contribution in [2.24, 2.45) is 0 Å². The number of rotatable bonds is 2. The maximum atomic E-state index is 13.5. The Hall–Kier alpha value is -1.60. The van der Waals surface area contributed by atoms with E-state index in [0.29, 0.717) is 5.75 Å². The number of fused-ring (bicyclic) bond motifs is 2. The molecular formula is C14H15FN2O. The van der Waals surface area contributed by atoms with Crippen molar-refractivity contribution in [2.75, 3.05) is 19.6 Å². The van der Waals surface area contributed by atoms with E-state index in [0.717, 1.165) is 38.9 Å². The van der Waals surface area contributed by atoms with Crippen molar-refractivity contribution in [2.45, 2.75) is 24.9 Å². The summed E-state index contributed by atoms with van der Waals surface area (Å²) in [6.07, 6.45) is 3.07. The number of piperidine rings is 1. The minimum atomic E-state index is -0.503. The molecule has 0 aliphatic carbocycles. The summed E-state index contributed by atoms with van der Waals surface area (Å²) in [5.41, 5.74) is -0.187. The molecule has 0 amide bonds. The maximum absolute atomic E-state index is 13.5. The zero-order valence-electron chi connectivity index (χ0n) is 10.2. The summed E-state index contributed by atoms with van der Waals surface area (Å²) >= 11 is 0. The number of benzene rings is 1. The highest BCUT2D eigenvalue weighted by Crippen LogP contribution is 2.36. The zero-order chi connectivity index (χ0) is 12.6. The molecule has 0 N–H and O–H groups in total. The normalized spacial score (nSPS) is 29.9. The maximum Gasteiger partial charge on any atom is 0.144 e. The molecular weight excluding hydrogens is 231 g/mol. The van der Waals surface area contributed by atoms with Gasteiger partial charge in [-0.3, -0.25) is 4.90 Å². The number of nitrogens with zero attached hydrogens (tertiary/aromatic N) is 2. The number of hydrogen-bond acceptors (Lipinski definition) is 3. The summed E-state index contributed by atoms with van der Waals surface area (Å²) in [4.78, 5) is 2.37. The molecule has 2 aliphatic heterocycles. The Bertz CT molecular complexity index is 507. The SMILES string of the molecule is N#Cc1c(F)cccc1OC12CCCN(CC1)C2. The molecule has 0 spiro atoms. The van der Waals surface area contributed by atoms with Crippen LogP contribution in [0.4, 0.5) is 4.39 Å². The Morgan fingerprint density at radius 1 is 1.33 bits per heavy atom. The molecule has 3 rings (SSSR count). The molecule has 2 saturated heterocycles. The second-order valence-corrected chi connectivity index (χ2v) is 5.14. The first-order valence-electron chi connectivity index (χ1n) is 6.32. The van der Waals surface area contributed by atoms with E-state index < -0.39 is 5.82 Å². The molecule has 1 aromatic carbocycles. The van der Waals surface area contributed by atoms with Crippen molar-refractivity contribution in [3.8, 4) is 11.8 Å². The van der Waals surface area contributed by atoms with E-state index in [4.69, 9.17) is 10.00 Å². The van der Waals surface area contributed by atoms with Gasteiger partial charge >= 0.3 is 0 Å². The summed E-state index contributed by atoms with van der Waals surface area (Å²) in [6.45, 7) is 3.06. The molecule has 3 nitrogen and oxygen atoms in total. The van der Waals surface area contributed by atoms with Gasteiger partial charge in [0.1, 0.15) is 28.8 Å². The van der Waals surface area contributed by atoms with Crippen LogP contribution in [0.1, 0.15) is 24.8 Å². The van der Waals surface area contributed by atoms with Crippen LogP contribution in [0.2, 0.25) is 0 Å². The number of hydrogen-bond donors (Lipinski definition) is 0. The van der Waals surface area contributed by atoms with E-state index in [2.05, 4.69) is 4.90 Å². The van der Waals surface area contributed by atoms with Gasteiger partial charge in [-0.15, -0.1) is 0 Å². The third kappa shape index (κ3) is 1.85. The topological polar surface area (TPSA) is 36.3 Å². The molecule has 0 aromatic heterocycles. The van der Waals surface area contributed by atoms with Crippen LogP contribution in [0, 0.1) is 17.1 Å². The summed E-state index contributed by atoms with van der Waals surface area (Å²) < 4.78 is 19.6. The van der Waals surface area contributed by atoms with Crippen LogP contribution in [-0.2, 0) is 0 Å². The van der Waals surface area contributed by atoms with Crippen molar-refractivity contribution in [1.29, 1.82) is 5.26 Å². The van der Waals surface area contributed by atoms with Crippen molar-refractivity contribution >= 4 is 0 Å². The van der Waals surface area contributed by atoms with E-state index in [-0.39, 0.29) is 11.2 Å². The molecule has 1 aromatic rings. The molecule has 18 heavy (non-hydrogen) atoms. The van der Waals surface area contributed by atoms with E-state index in [1.165, 1.54) is 6.07 Å². The Labute approximate surface area is 106 Å². The first-order valence-corrected chi connectivity index (χ1v) is 6.32. The Kier molecular flexibility index (Phi) is 2.71. The quantitative estimate of drug-likeness (QED) is 0.803. The lowest BCUT2D eigenvalue weighted by Gasteiger charge is -2.34. The van der Waals surface area contributed by atoms with Gasteiger partial charge in [-0.2, -0.15) is 5.26 Å². The van der Waals surface area contributed by atoms with E-state index in [1.54, 1.807) is 12.1 Å². The Morgan fingerprint density at radius 3 is 3.06 bits per heavy atom. The molecule has 2 atom stereocenters. The number of halogens is 1. The third-order valence-electron chi connectivity index (χ3n) is 3.92. The lowest BCUT2D eigenvalue weighted by Crippen LogP contribution is -2.43. The van der Waals surface area contributed by atoms with Gasteiger partial charge in [-0.1, -0.05) is 6.07 Å². The fourth-order valence-electron chi connectivity index (χ4n) is 3.01. The average Bonchev–Trinajstić information content (AvgIpc) is 2.65. The fraction of sp³-hybridized carbons (Fsp3) is 0.500. The van der Waals surface area contributed by atoms with Crippen LogP contribution in [0.15, 0.2) is 18.2 Å². The van der Waals surface area contributed by atoms with Gasteiger partial charge in [0, 0.05) is 19.5 Å². The van der Waals surface area contributed by atoms with Gasteiger partial charge in [0.25, 0.3) is 0 Å². The standard InChI is InChI=1S/C14H15FN2O/c15-12-3-1-4-13(11(12)9-16)18-14-5-2-7-17(10-14)8-6-14/h1,3-4H,2,5-8,10H2. The van der Waals surface area contributed by atoms with Gasteiger partial charge in [0.2, 0.25) is 0 Å². The lowest BCUT2D eigenvalue weighted by atomic mass is 9.94. The fourth-order valence-corrected chi connectivity index (χ4v) is 3.01. The largest absolute Gasteiger partial charge is 0.484 e. The van der Waals surface area contributed by atoms with Crippen LogP contribution in [0.3, 0.4) is 0 Å². The summed E-state index contributed by atoms with van der Waals surface area (Å²) in [7, 11) is 0. The minimum Gasteiger partial charge on any atom is -0.484 e. The first-order chi connectivity index (χ1) is 8.72. The van der Waals surface area contributed by atoms with Gasteiger partial charge < -0.3 is 4.74 Å². The zero-order valence-corrected chi connectivity index (χ0v) is 10.2. The van der Waals surface area contributed by atoms with Crippen LogP contribution in [-0.4, -0.2) is 30.1 Å². The molecule has 2 unspecified atom stereocenters. The van der Waals surface area contributed by atoms with Gasteiger partial charge in [-0.05, 0) is 31.5 Å². The predicted molar refractivity (Wildman–Crippen MR) is 64.8 cm³/mol. The Morgan fingerprint density at radius 2 is 2.22 bits per heavy atom. The highest BCUT2D eigenvalue weighted by molar-refractivity contribution is 5.44. The monoisotopic (exact) mass is 246 g/mol. The van der Waals surface area contributed by atoms with Crippen molar-refractivity contribution in [1.82, 2.24) is 4.90 Å². The Balaban J connectivity index is 1.89. The first kappa shape index (κ1) is 11.5. The third-order valence-corrected chi connectivity index (χ3v) is 3.92. The summed E-state index contributed by atoms with van der Waals surface area (Å²) in [5.74, 6) is -0.113. The van der Waals surface area contributed by atoms with Crippen molar-refractivity contribution < 1.29 is 9.13 Å². The van der Waals surface area contributed by atoms with E-state index in [1.807, 2.05) is 6.07 Å². The molecule has 2 heterocycles. The highest BCUT2D eigenvalue weighted by atomic mass is 19.1. The van der Waals surface area contributed by atoms with Crippen LogP contribution >= 0.6 is 0 Å². The van der Waals surface area contributed by atoms with Crippen LogP contribution in [0.25, 0.3) is 0 Å². The molecule has 0 radical (unpaired) electrons. The van der Waals surface area contributed by atoms with Crippen LogP contribution < -0.4 is 4.74 Å². The average molecular weight is 246 g/mol. The lowest BCUT2D eigenvalue weighted by molar-refractivity contribution is 0.0447. The van der Waals surface area contributed by atoms with Gasteiger partial charge in [-0.25, -0.2) is 4.39 Å². The second kappa shape index (κ2) is 4.25. The molecule has 2 aliphatic rings. The van der Waals surface area contributed by atoms with Gasteiger partial charge in [0.15, 0.2) is 0 Å². The molecule has 2 fully saturated rings. The minimum absolute atomic E-state index is 0.0240. The van der Waals surface area contributed by atoms with Crippen LogP contribution in [0.5, 0.6) is 5.75 Å². The van der Waals surface area contributed by atoms with Crippen molar-refractivity contribution in [3.63, 3.8) is 0 Å². The summed E-state index contributed by atoms with van der Waals surface area (Å²) in [6, 6.07) is 6.47. The van der Waals surface area contributed by atoms with Gasteiger partial charge in [0.05, 0.1) is 0 Å². The number of ether oxygens (including phenoxy) is 1. The smallest absolute Gasteiger partial charge is 0.144 e. The van der Waals surface area contributed by atoms with E-state index in [9.17, 15) is 4.39 Å². The number of nitriles is 1. The molecule has 2 bridgehead atoms. The molecule has 0 saturated carbocycles. The highest BCUT2D eigenvalue weighted by Gasteiger charge is 2.43. The molecule has 4 heteroatoms.